The molecule has 3 aliphatic carbocycles. The summed E-state index contributed by atoms with van der Waals surface area (Å²) in [7, 11) is 0. The number of nitrogens with one attached hydrogen (secondary N) is 1. The molecule has 12 atom stereocenters. The predicted molar refractivity (Wildman–Crippen MR) is 230 cm³/mol. The molecule has 3 N–H and O–H groups in total. The molecule has 66 heavy (non-hydrogen) atoms. The molecule has 2 aromatic rings. The quantitative estimate of drug-likeness (QED) is 0.172. The summed E-state index contributed by atoms with van der Waals surface area (Å²) in [6.45, 7) is 16.2. The van der Waals surface area contributed by atoms with Gasteiger partial charge in [0.1, 0.15) is 53.2 Å². The van der Waals surface area contributed by atoms with Gasteiger partial charge in [-0.05, 0) is 75.9 Å². The maximum atomic E-state index is 15.4. The van der Waals surface area contributed by atoms with Gasteiger partial charge in [0.2, 0.25) is 0 Å². The lowest BCUT2D eigenvalue weighted by Gasteiger charge is -2.68. The fraction of sp³-hybridized carbons (Fsp3) is 0.646. The van der Waals surface area contributed by atoms with E-state index < -0.39 is 124 Å². The van der Waals surface area contributed by atoms with E-state index in [2.05, 4.69) is 15.2 Å². The second-order valence-electron chi connectivity index (χ2n) is 20.2. The van der Waals surface area contributed by atoms with Gasteiger partial charge in [-0.25, -0.2) is 18.8 Å². The number of aliphatic hydroxyl groups excluding tert-OH is 1. The van der Waals surface area contributed by atoms with E-state index >= 15 is 4.39 Å². The van der Waals surface area contributed by atoms with Crippen molar-refractivity contribution < 1.29 is 71.7 Å². The molecule has 6 aliphatic rings. The number of aromatic nitrogens is 1. The van der Waals surface area contributed by atoms with E-state index in [9.17, 15) is 29.4 Å². The topological polar surface area (TPSA) is 211 Å². The number of ether oxygens (including phenoxy) is 8. The first-order chi connectivity index (χ1) is 31.1. The number of amides is 1. The molecule has 4 heterocycles. The molecule has 5 fully saturated rings. The molecule has 18 heteroatoms. The number of carbonyl (C=O) groups excluding carboxylic acids is 4. The van der Waals surface area contributed by atoms with Gasteiger partial charge in [-0.15, -0.1) is 0 Å². The molecule has 0 radical (unpaired) electrons. The van der Waals surface area contributed by atoms with Crippen molar-refractivity contribution in [2.45, 2.75) is 140 Å². The number of nitrogens with zero attached hydrogens (tertiary/aromatic N) is 2. The highest BCUT2D eigenvalue weighted by Crippen LogP contribution is 2.66. The van der Waals surface area contributed by atoms with Gasteiger partial charge in [-0.2, -0.15) is 0 Å². The molecule has 2 bridgehead atoms. The van der Waals surface area contributed by atoms with Crippen LogP contribution in [0.5, 0.6) is 0 Å². The Kier molecular flexibility index (Phi) is 12.9. The van der Waals surface area contributed by atoms with Crippen molar-refractivity contribution in [1.29, 1.82) is 0 Å². The Balaban J connectivity index is 1.26. The zero-order valence-corrected chi connectivity index (χ0v) is 38.7. The molecule has 2 saturated carbocycles. The number of benzene rings is 1. The van der Waals surface area contributed by atoms with Gasteiger partial charge in [0.15, 0.2) is 18.0 Å². The van der Waals surface area contributed by atoms with Crippen LogP contribution in [0.1, 0.15) is 96.7 Å². The molecular weight excluding hydrogens is 862 g/mol. The Morgan fingerprint density at radius 2 is 1.74 bits per heavy atom. The third kappa shape index (κ3) is 8.51. The smallest absolute Gasteiger partial charge is 0.408 e. The SMILES string of the molecule is CC(=O)O[C@@]12CO[C@@H]1CC[C@@]1(C)[C@@H]3O[C@H](CN4CCOCC4)O[C@@H]3C3=C(C)[C@@H](OC(=O)[C@H](O)[C@@H](NC(=O)OC(C)(C)C)c4ncccc4F)C[C@@](O)([C@@H](OC(=O)c4ccccc4)[C@@H]12)C3(C)C. The number of aliphatic hydroxyl groups is 2. The molecule has 17 nitrogen and oxygen atoms in total. The van der Waals surface area contributed by atoms with Crippen molar-refractivity contribution in [3.63, 3.8) is 0 Å². The normalized spacial score (nSPS) is 34.7. The molecule has 8 rings (SSSR count). The van der Waals surface area contributed by atoms with E-state index in [1.165, 1.54) is 19.2 Å². The average Bonchev–Trinajstić information content (AvgIpc) is 3.66. The average molecular weight is 924 g/mol. The number of fused-ring (bicyclic) bond motifs is 8. The van der Waals surface area contributed by atoms with Crippen molar-refractivity contribution in [3.05, 3.63) is 76.9 Å². The Morgan fingerprint density at radius 1 is 1.03 bits per heavy atom. The van der Waals surface area contributed by atoms with Crippen LogP contribution in [0.25, 0.3) is 0 Å². The number of esters is 3. The van der Waals surface area contributed by atoms with E-state index in [1.807, 2.05) is 6.92 Å². The summed E-state index contributed by atoms with van der Waals surface area (Å²) in [6, 6.07) is 8.89. The lowest BCUT2D eigenvalue weighted by Crippen LogP contribution is -2.79. The molecule has 1 aromatic heterocycles. The number of halogens is 1. The van der Waals surface area contributed by atoms with Crippen molar-refractivity contribution in [2.75, 3.05) is 39.5 Å². The highest BCUT2D eigenvalue weighted by atomic mass is 19.1. The Labute approximate surface area is 383 Å². The minimum atomic E-state index is -2.25. The summed E-state index contributed by atoms with van der Waals surface area (Å²) < 4.78 is 65.9. The van der Waals surface area contributed by atoms with Crippen LogP contribution < -0.4 is 5.32 Å². The van der Waals surface area contributed by atoms with Gasteiger partial charge < -0.3 is 53.4 Å². The molecule has 1 aromatic carbocycles. The summed E-state index contributed by atoms with van der Waals surface area (Å²) in [5.74, 6) is -4.57. The zero-order chi connectivity index (χ0) is 47.6. The van der Waals surface area contributed by atoms with E-state index in [4.69, 9.17) is 37.9 Å². The standard InChI is InChI=1S/C48H62FN3O14/c1-26-30(61-42(56)36(54)35(34-29(49)15-12-18-50-34)51-43(57)66-44(3,4)5)23-48(58)40(64-41(55)28-13-10-9-11-14-28)38-46(8,17-16-31-47(38,25-60-31)65-27(2)53)39-37(33(26)45(48,6)7)62-32(63-39)24-52-19-21-59-22-20-52/h9-15,18,30-32,35-40,54,58H,16-17,19-25H2,1-8H3,(H,51,57)/t30-,31+,32+,35-,36+,37+,38-,39+,40-,46+,47-,48+/m0/s1. The van der Waals surface area contributed by atoms with Crippen LogP contribution in [0.2, 0.25) is 0 Å². The van der Waals surface area contributed by atoms with Crippen molar-refractivity contribution in [3.8, 4) is 0 Å². The lowest BCUT2D eigenvalue weighted by atomic mass is 9.45. The van der Waals surface area contributed by atoms with Gasteiger partial charge in [0, 0.05) is 50.0 Å². The largest absolute Gasteiger partial charge is 0.456 e. The van der Waals surface area contributed by atoms with Crippen molar-refractivity contribution >= 4 is 24.0 Å². The summed E-state index contributed by atoms with van der Waals surface area (Å²) in [5, 5.41) is 28.1. The summed E-state index contributed by atoms with van der Waals surface area (Å²) in [6.07, 6.45) is -7.53. The van der Waals surface area contributed by atoms with Crippen LogP contribution in [0.3, 0.4) is 0 Å². The van der Waals surface area contributed by atoms with Crippen LogP contribution in [-0.2, 0) is 47.5 Å². The Morgan fingerprint density at radius 3 is 2.38 bits per heavy atom. The Bertz CT molecular complexity index is 2210. The maximum Gasteiger partial charge on any atom is 0.408 e. The number of alkyl carbamates (subject to hydrolysis) is 1. The van der Waals surface area contributed by atoms with Crippen LogP contribution >= 0.6 is 0 Å². The van der Waals surface area contributed by atoms with E-state index in [1.54, 1.807) is 71.9 Å². The fourth-order valence-corrected chi connectivity index (χ4v) is 11.5. The van der Waals surface area contributed by atoms with E-state index in [-0.39, 0.29) is 12.2 Å². The van der Waals surface area contributed by atoms with Crippen LogP contribution in [-0.4, -0.2) is 143 Å². The van der Waals surface area contributed by atoms with Gasteiger partial charge in [-0.3, -0.25) is 14.7 Å². The number of hydrogen-bond donors (Lipinski definition) is 3. The molecule has 360 valence electrons. The molecule has 3 saturated heterocycles. The summed E-state index contributed by atoms with van der Waals surface area (Å²) in [4.78, 5) is 61.5. The van der Waals surface area contributed by atoms with Crippen molar-refractivity contribution in [1.82, 2.24) is 15.2 Å². The lowest BCUT2D eigenvalue weighted by molar-refractivity contribution is -0.345. The van der Waals surface area contributed by atoms with Gasteiger partial charge in [-0.1, -0.05) is 39.0 Å². The third-order valence-electron chi connectivity index (χ3n) is 14.6. The second-order valence-corrected chi connectivity index (χ2v) is 20.2. The number of morpholine rings is 1. The molecular formula is C48H62FN3O14. The second kappa shape index (κ2) is 17.8. The first-order valence-corrected chi connectivity index (χ1v) is 22.7. The summed E-state index contributed by atoms with van der Waals surface area (Å²) >= 11 is 0. The van der Waals surface area contributed by atoms with Crippen LogP contribution in [0, 0.1) is 22.6 Å². The number of carbonyl (C=O) groups is 4. The van der Waals surface area contributed by atoms with E-state index in [0.29, 0.717) is 56.8 Å². The van der Waals surface area contributed by atoms with Crippen LogP contribution in [0.4, 0.5) is 9.18 Å². The molecule has 1 amide bonds. The predicted octanol–water partition coefficient (Wildman–Crippen LogP) is 4.34. The monoisotopic (exact) mass is 923 g/mol. The van der Waals surface area contributed by atoms with Gasteiger partial charge in [0.05, 0.1) is 37.4 Å². The number of rotatable bonds is 10. The first kappa shape index (κ1) is 47.9. The minimum Gasteiger partial charge on any atom is -0.456 e. The molecule has 3 aliphatic heterocycles. The number of pyridine rings is 1. The first-order valence-electron chi connectivity index (χ1n) is 22.7. The molecule has 0 spiro atoms. The summed E-state index contributed by atoms with van der Waals surface area (Å²) in [5.41, 5.74) is -6.19. The van der Waals surface area contributed by atoms with E-state index in [0.717, 1.165) is 6.07 Å². The molecule has 0 unspecified atom stereocenters. The van der Waals surface area contributed by atoms with Crippen molar-refractivity contribution in [2.24, 2.45) is 16.7 Å². The zero-order valence-electron chi connectivity index (χ0n) is 38.7. The fourth-order valence-electron chi connectivity index (χ4n) is 11.5. The minimum absolute atomic E-state index is 0.0642. The third-order valence-corrected chi connectivity index (χ3v) is 14.6. The Hall–Kier alpha value is -4.56. The van der Waals surface area contributed by atoms with Crippen LogP contribution in [0.15, 0.2) is 59.8 Å². The maximum absolute atomic E-state index is 15.4. The van der Waals surface area contributed by atoms with Gasteiger partial charge >= 0.3 is 24.0 Å². The highest BCUT2D eigenvalue weighted by molar-refractivity contribution is 5.89. The highest BCUT2D eigenvalue weighted by Gasteiger charge is 2.77. The number of hydrogen-bond acceptors (Lipinski definition) is 16. The van der Waals surface area contributed by atoms with Gasteiger partial charge in [0.25, 0.3) is 0 Å².